The van der Waals surface area contributed by atoms with E-state index in [0.29, 0.717) is 23.7 Å². The third-order valence-corrected chi connectivity index (χ3v) is 4.97. The first-order chi connectivity index (χ1) is 12.0. The fourth-order valence-electron chi connectivity index (χ4n) is 3.61. The van der Waals surface area contributed by atoms with Crippen LogP contribution in [-0.2, 0) is 4.79 Å². The van der Waals surface area contributed by atoms with Gasteiger partial charge < -0.3 is 15.2 Å². The Balaban J connectivity index is 1.73. The maximum Gasteiger partial charge on any atom is 0.268 e. The second-order valence-corrected chi connectivity index (χ2v) is 7.12. The summed E-state index contributed by atoms with van der Waals surface area (Å²) in [7, 11) is 3.46. The van der Waals surface area contributed by atoms with Crippen LogP contribution in [0.1, 0.15) is 49.0 Å². The Labute approximate surface area is 148 Å². The average Bonchev–Trinajstić information content (AvgIpc) is 3.05. The molecule has 1 saturated carbocycles. The molecule has 3 rings (SSSR count). The van der Waals surface area contributed by atoms with Crippen molar-refractivity contribution in [2.24, 2.45) is 5.92 Å². The molecule has 0 radical (unpaired) electrons. The van der Waals surface area contributed by atoms with Crippen molar-refractivity contribution < 1.29 is 9.59 Å². The molecule has 0 bridgehead atoms. The van der Waals surface area contributed by atoms with Gasteiger partial charge in [-0.25, -0.2) is 4.98 Å². The van der Waals surface area contributed by atoms with Crippen molar-refractivity contribution in [1.29, 1.82) is 0 Å². The smallest absolute Gasteiger partial charge is 0.268 e. The third-order valence-electron chi connectivity index (χ3n) is 4.97. The summed E-state index contributed by atoms with van der Waals surface area (Å²) in [4.78, 5) is 34.0. The fraction of sp³-hybridized carbons (Fsp3) is 0.526. The highest BCUT2D eigenvalue weighted by Gasteiger charge is 2.27. The van der Waals surface area contributed by atoms with Gasteiger partial charge in [-0.15, -0.1) is 0 Å². The van der Waals surface area contributed by atoms with Crippen LogP contribution in [0.15, 0.2) is 24.4 Å². The van der Waals surface area contributed by atoms with Crippen molar-refractivity contribution in [1.82, 2.24) is 20.2 Å². The summed E-state index contributed by atoms with van der Waals surface area (Å²) >= 11 is 0. The Morgan fingerprint density at radius 1 is 1.32 bits per heavy atom. The van der Waals surface area contributed by atoms with E-state index in [0.717, 1.165) is 18.2 Å². The molecule has 0 aliphatic heterocycles. The third kappa shape index (κ3) is 4.18. The van der Waals surface area contributed by atoms with Gasteiger partial charge in [0.15, 0.2) is 0 Å². The van der Waals surface area contributed by atoms with Crippen LogP contribution in [0.4, 0.5) is 0 Å². The summed E-state index contributed by atoms with van der Waals surface area (Å²) in [5, 5.41) is 3.82. The zero-order valence-electron chi connectivity index (χ0n) is 14.9. The molecule has 2 aromatic heterocycles. The van der Waals surface area contributed by atoms with Crippen LogP contribution < -0.4 is 5.32 Å². The molecule has 1 fully saturated rings. The van der Waals surface area contributed by atoms with Crippen molar-refractivity contribution >= 4 is 22.8 Å². The largest absolute Gasteiger partial charge is 0.347 e. The molecule has 25 heavy (non-hydrogen) atoms. The number of amides is 2. The van der Waals surface area contributed by atoms with Gasteiger partial charge in [0.25, 0.3) is 5.91 Å². The molecule has 6 heteroatoms. The maximum atomic E-state index is 12.7. The first kappa shape index (κ1) is 17.5. The number of carbonyl (C=O) groups is 2. The van der Waals surface area contributed by atoms with Gasteiger partial charge in [-0.3, -0.25) is 9.59 Å². The predicted molar refractivity (Wildman–Crippen MR) is 97.2 cm³/mol. The molecule has 2 aromatic rings. The lowest BCUT2D eigenvalue weighted by molar-refractivity contribution is -0.131. The number of fused-ring (bicyclic) bond motifs is 1. The molecule has 0 saturated heterocycles. The van der Waals surface area contributed by atoms with E-state index in [1.165, 1.54) is 19.3 Å². The highest BCUT2D eigenvalue weighted by molar-refractivity contribution is 5.99. The van der Waals surface area contributed by atoms with Crippen LogP contribution in [-0.4, -0.2) is 46.8 Å². The number of carbonyl (C=O) groups excluding carboxylic acids is 2. The Morgan fingerprint density at radius 3 is 2.76 bits per heavy atom. The molecular weight excluding hydrogens is 316 g/mol. The van der Waals surface area contributed by atoms with E-state index in [2.05, 4.69) is 15.3 Å². The number of hydrogen-bond acceptors (Lipinski definition) is 3. The minimum absolute atomic E-state index is 0.0480. The zero-order valence-corrected chi connectivity index (χ0v) is 14.9. The standard InChI is InChI=1S/C19H26N4O2/c1-23(2)19(25)16(11-13-7-4-3-5-8-13)22-18(24)15-12-14-9-6-10-20-17(14)21-15/h6,9-10,12-13,16H,3-5,7-8,11H2,1-2H3,(H,20,21)(H,22,24)/t16-/m0/s1. The topological polar surface area (TPSA) is 78.1 Å². The van der Waals surface area contributed by atoms with E-state index in [9.17, 15) is 9.59 Å². The van der Waals surface area contributed by atoms with Crippen molar-refractivity contribution in [2.45, 2.75) is 44.6 Å². The number of aromatic amines is 1. The van der Waals surface area contributed by atoms with E-state index >= 15 is 0 Å². The summed E-state index contributed by atoms with van der Waals surface area (Å²) < 4.78 is 0. The quantitative estimate of drug-likeness (QED) is 0.877. The number of H-pyrrole nitrogens is 1. The highest BCUT2D eigenvalue weighted by Crippen LogP contribution is 2.27. The van der Waals surface area contributed by atoms with Crippen LogP contribution in [0.3, 0.4) is 0 Å². The van der Waals surface area contributed by atoms with Gasteiger partial charge in [0, 0.05) is 25.7 Å². The number of hydrogen-bond donors (Lipinski definition) is 2. The molecule has 2 N–H and O–H groups in total. The number of rotatable bonds is 5. The monoisotopic (exact) mass is 342 g/mol. The first-order valence-electron chi connectivity index (χ1n) is 9.00. The molecule has 0 aromatic carbocycles. The molecule has 134 valence electrons. The number of likely N-dealkylation sites (N-methyl/N-ethyl adjacent to an activating group) is 1. The Morgan fingerprint density at radius 2 is 2.08 bits per heavy atom. The van der Waals surface area contributed by atoms with Crippen LogP contribution >= 0.6 is 0 Å². The number of aromatic nitrogens is 2. The number of pyridine rings is 1. The van der Waals surface area contributed by atoms with Crippen molar-refractivity contribution in [3.8, 4) is 0 Å². The van der Waals surface area contributed by atoms with E-state index in [1.54, 1.807) is 31.3 Å². The number of nitrogens with one attached hydrogen (secondary N) is 2. The highest BCUT2D eigenvalue weighted by atomic mass is 16.2. The summed E-state index contributed by atoms with van der Waals surface area (Å²) in [6.45, 7) is 0. The molecule has 0 unspecified atom stereocenters. The summed E-state index contributed by atoms with van der Waals surface area (Å²) in [6, 6.07) is 5.03. The Bertz CT molecular complexity index is 714. The lowest BCUT2D eigenvalue weighted by Crippen LogP contribution is -2.47. The summed E-state index contributed by atoms with van der Waals surface area (Å²) in [6.07, 6.45) is 8.39. The molecule has 1 aliphatic rings. The first-order valence-corrected chi connectivity index (χ1v) is 9.00. The summed E-state index contributed by atoms with van der Waals surface area (Å²) in [5.41, 5.74) is 1.12. The molecule has 6 nitrogen and oxygen atoms in total. The SMILES string of the molecule is CN(C)C(=O)[C@H](CC1CCCCC1)NC(=O)c1cc2cccnc2[nH]1. The van der Waals surface area contributed by atoms with E-state index in [-0.39, 0.29) is 11.8 Å². The molecule has 1 atom stereocenters. The van der Waals surface area contributed by atoms with E-state index < -0.39 is 6.04 Å². The van der Waals surface area contributed by atoms with Gasteiger partial charge in [0.05, 0.1) is 0 Å². The zero-order chi connectivity index (χ0) is 17.8. The van der Waals surface area contributed by atoms with Gasteiger partial charge in [0.2, 0.25) is 5.91 Å². The second-order valence-electron chi connectivity index (χ2n) is 7.12. The second kappa shape index (κ2) is 7.68. The van der Waals surface area contributed by atoms with Gasteiger partial charge in [-0.2, -0.15) is 0 Å². The lowest BCUT2D eigenvalue weighted by Gasteiger charge is -2.28. The molecule has 1 aliphatic carbocycles. The molecule has 2 amide bonds. The van der Waals surface area contributed by atoms with Crippen LogP contribution in [0, 0.1) is 5.92 Å². The van der Waals surface area contributed by atoms with Crippen molar-refractivity contribution in [3.63, 3.8) is 0 Å². The van der Waals surface area contributed by atoms with Crippen LogP contribution in [0.5, 0.6) is 0 Å². The van der Waals surface area contributed by atoms with E-state index in [1.807, 2.05) is 12.1 Å². The van der Waals surface area contributed by atoms with Gasteiger partial charge in [-0.05, 0) is 30.5 Å². The minimum atomic E-state index is -0.482. The van der Waals surface area contributed by atoms with Crippen molar-refractivity contribution in [2.75, 3.05) is 14.1 Å². The molecule has 0 spiro atoms. The Kier molecular flexibility index (Phi) is 5.36. The normalized spacial score (nSPS) is 16.6. The fourth-order valence-corrected chi connectivity index (χ4v) is 3.61. The minimum Gasteiger partial charge on any atom is -0.347 e. The lowest BCUT2D eigenvalue weighted by atomic mass is 9.84. The molecular formula is C19H26N4O2. The average molecular weight is 342 g/mol. The molecule has 2 heterocycles. The van der Waals surface area contributed by atoms with Crippen LogP contribution in [0.25, 0.3) is 11.0 Å². The van der Waals surface area contributed by atoms with E-state index in [4.69, 9.17) is 0 Å². The summed E-state index contributed by atoms with van der Waals surface area (Å²) in [5.74, 6) is 0.203. The van der Waals surface area contributed by atoms with Gasteiger partial charge in [-0.1, -0.05) is 32.1 Å². The van der Waals surface area contributed by atoms with Crippen molar-refractivity contribution in [3.05, 3.63) is 30.1 Å². The van der Waals surface area contributed by atoms with Crippen LogP contribution in [0.2, 0.25) is 0 Å². The Hall–Kier alpha value is -2.37. The maximum absolute atomic E-state index is 12.7. The number of nitrogens with zero attached hydrogens (tertiary/aromatic N) is 2. The van der Waals surface area contributed by atoms with Gasteiger partial charge >= 0.3 is 0 Å². The van der Waals surface area contributed by atoms with Gasteiger partial charge in [0.1, 0.15) is 17.4 Å². The predicted octanol–water partition coefficient (Wildman–Crippen LogP) is 2.72.